The van der Waals surface area contributed by atoms with Crippen LogP contribution in [0.4, 0.5) is 0 Å². The Kier molecular flexibility index (Phi) is 6.02. The van der Waals surface area contributed by atoms with Crippen molar-refractivity contribution in [2.75, 3.05) is 23.9 Å². The van der Waals surface area contributed by atoms with E-state index in [4.69, 9.17) is 11.6 Å². The molecule has 0 radical (unpaired) electrons. The van der Waals surface area contributed by atoms with Crippen LogP contribution in [0.15, 0.2) is 0 Å². The quantitative estimate of drug-likeness (QED) is 0.686. The Labute approximate surface area is 92.1 Å². The molecule has 0 spiro atoms. The second-order valence-electron chi connectivity index (χ2n) is 3.99. The van der Waals surface area contributed by atoms with Crippen molar-refractivity contribution in [1.29, 1.82) is 0 Å². The second kappa shape index (κ2) is 5.93. The van der Waals surface area contributed by atoms with Crippen molar-refractivity contribution in [2.45, 2.75) is 32.7 Å². The smallest absolute Gasteiger partial charge is 0.151 e. The number of alkyl halides is 1. The van der Waals surface area contributed by atoms with Crippen molar-refractivity contribution in [3.63, 3.8) is 0 Å². The van der Waals surface area contributed by atoms with Gasteiger partial charge in [-0.05, 0) is 20.3 Å². The number of hydrogen-bond donors (Lipinski definition) is 1. The molecule has 0 bridgehead atoms. The van der Waals surface area contributed by atoms with Crippen LogP contribution in [0.25, 0.3) is 0 Å². The van der Waals surface area contributed by atoms with E-state index in [2.05, 4.69) is 5.32 Å². The lowest BCUT2D eigenvalue weighted by atomic mass is 10.0. The van der Waals surface area contributed by atoms with Crippen molar-refractivity contribution < 1.29 is 8.42 Å². The van der Waals surface area contributed by atoms with E-state index in [9.17, 15) is 8.42 Å². The lowest BCUT2D eigenvalue weighted by Crippen LogP contribution is -2.42. The van der Waals surface area contributed by atoms with Gasteiger partial charge in [0, 0.05) is 23.7 Å². The summed E-state index contributed by atoms with van der Waals surface area (Å²) in [5.41, 5.74) is -0.0784. The molecule has 0 atom stereocenters. The van der Waals surface area contributed by atoms with Gasteiger partial charge in [-0.3, -0.25) is 0 Å². The number of nitrogens with one attached hydrogen (secondary N) is 1. The molecule has 0 rings (SSSR count). The first-order chi connectivity index (χ1) is 6.33. The van der Waals surface area contributed by atoms with Crippen molar-refractivity contribution in [1.82, 2.24) is 5.32 Å². The highest BCUT2D eigenvalue weighted by atomic mass is 35.5. The molecule has 0 saturated carbocycles. The van der Waals surface area contributed by atoms with Gasteiger partial charge in [0.15, 0.2) is 9.84 Å². The molecule has 0 aromatic rings. The molecule has 0 heterocycles. The molecule has 0 amide bonds. The highest BCUT2D eigenvalue weighted by Crippen LogP contribution is 2.08. The minimum Gasteiger partial charge on any atom is -0.311 e. The van der Waals surface area contributed by atoms with E-state index in [1.165, 1.54) is 0 Å². The zero-order valence-electron chi connectivity index (χ0n) is 9.14. The lowest BCUT2D eigenvalue weighted by molar-refractivity contribution is 0.389. The summed E-state index contributed by atoms with van der Waals surface area (Å²) in [4.78, 5) is 0. The fraction of sp³-hybridized carbons (Fsp3) is 1.00. The molecule has 0 unspecified atom stereocenters. The Morgan fingerprint density at radius 1 is 1.36 bits per heavy atom. The van der Waals surface area contributed by atoms with Gasteiger partial charge < -0.3 is 5.32 Å². The van der Waals surface area contributed by atoms with Gasteiger partial charge >= 0.3 is 0 Å². The predicted molar refractivity (Wildman–Crippen MR) is 61.7 cm³/mol. The summed E-state index contributed by atoms with van der Waals surface area (Å²) in [6.45, 7) is 6.21. The van der Waals surface area contributed by atoms with Crippen LogP contribution in [0.2, 0.25) is 0 Å². The normalized spacial score (nSPS) is 13.1. The summed E-state index contributed by atoms with van der Waals surface area (Å²) < 4.78 is 22.4. The maximum Gasteiger partial charge on any atom is 0.151 e. The minimum absolute atomic E-state index is 0.0784. The van der Waals surface area contributed by atoms with Crippen molar-refractivity contribution >= 4 is 21.4 Å². The van der Waals surface area contributed by atoms with Crippen LogP contribution in [-0.2, 0) is 9.84 Å². The lowest BCUT2D eigenvalue weighted by Gasteiger charge is -2.25. The first-order valence-corrected chi connectivity index (χ1v) is 7.20. The van der Waals surface area contributed by atoms with Gasteiger partial charge in [-0.2, -0.15) is 0 Å². The summed E-state index contributed by atoms with van der Waals surface area (Å²) in [6, 6.07) is 0. The fourth-order valence-electron chi connectivity index (χ4n) is 1.01. The van der Waals surface area contributed by atoms with Crippen molar-refractivity contribution in [3.8, 4) is 0 Å². The maximum absolute atomic E-state index is 11.2. The molecular formula is C9H20ClNO2S. The largest absolute Gasteiger partial charge is 0.311 e. The topological polar surface area (TPSA) is 46.2 Å². The highest BCUT2D eigenvalue weighted by molar-refractivity contribution is 7.91. The molecule has 0 fully saturated rings. The Morgan fingerprint density at radius 3 is 2.36 bits per heavy atom. The number of rotatable bonds is 7. The van der Waals surface area contributed by atoms with Crippen LogP contribution < -0.4 is 5.32 Å². The summed E-state index contributed by atoms with van der Waals surface area (Å²) in [6.07, 6.45) is 0.834. The van der Waals surface area contributed by atoms with E-state index < -0.39 is 9.84 Å². The monoisotopic (exact) mass is 241 g/mol. The van der Waals surface area contributed by atoms with Gasteiger partial charge in [0.2, 0.25) is 0 Å². The molecule has 0 aromatic carbocycles. The Balaban J connectivity index is 3.85. The van der Waals surface area contributed by atoms with Crippen LogP contribution >= 0.6 is 11.6 Å². The summed E-state index contributed by atoms with van der Waals surface area (Å²) in [5.74, 6) is 1.00. The average Bonchev–Trinajstić information content (AvgIpc) is 2.03. The van der Waals surface area contributed by atoms with Crippen LogP contribution in [0.3, 0.4) is 0 Å². The highest BCUT2D eigenvalue weighted by Gasteiger charge is 2.16. The van der Waals surface area contributed by atoms with Gasteiger partial charge in [-0.25, -0.2) is 8.42 Å². The Hall–Kier alpha value is 0.200. The number of sulfone groups is 1. The van der Waals surface area contributed by atoms with E-state index in [1.807, 2.05) is 13.8 Å². The molecule has 0 saturated heterocycles. The zero-order valence-corrected chi connectivity index (χ0v) is 10.7. The van der Waals surface area contributed by atoms with Crippen LogP contribution in [-0.4, -0.2) is 37.9 Å². The van der Waals surface area contributed by atoms with E-state index in [0.29, 0.717) is 12.4 Å². The van der Waals surface area contributed by atoms with Crippen LogP contribution in [0.5, 0.6) is 0 Å². The molecule has 14 heavy (non-hydrogen) atoms. The van der Waals surface area contributed by atoms with Gasteiger partial charge in [0.05, 0.1) is 5.75 Å². The molecule has 0 aromatic heterocycles. The molecule has 3 nitrogen and oxygen atoms in total. The van der Waals surface area contributed by atoms with Crippen molar-refractivity contribution in [3.05, 3.63) is 0 Å². The van der Waals surface area contributed by atoms with E-state index in [0.717, 1.165) is 6.42 Å². The van der Waals surface area contributed by atoms with Crippen LogP contribution in [0.1, 0.15) is 27.2 Å². The predicted octanol–water partition coefficient (Wildman–Crippen LogP) is 1.42. The maximum atomic E-state index is 11.2. The molecule has 1 N–H and O–H groups in total. The second-order valence-corrected chi connectivity index (χ2v) is 6.84. The van der Waals surface area contributed by atoms with Crippen LogP contribution in [0, 0.1) is 0 Å². The zero-order chi connectivity index (χ0) is 11.2. The number of hydrogen-bond acceptors (Lipinski definition) is 3. The Morgan fingerprint density at radius 2 is 1.93 bits per heavy atom. The molecule has 86 valence electrons. The summed E-state index contributed by atoms with van der Waals surface area (Å²) in [5, 5.41) is 3.19. The van der Waals surface area contributed by atoms with E-state index >= 15 is 0 Å². The first kappa shape index (κ1) is 14.2. The van der Waals surface area contributed by atoms with E-state index in [1.54, 1.807) is 6.92 Å². The third kappa shape index (κ3) is 6.62. The SMILES string of the molecule is CCS(=O)(=O)CCNC(C)(C)CCCl. The third-order valence-electron chi connectivity index (χ3n) is 2.18. The van der Waals surface area contributed by atoms with Gasteiger partial charge in [-0.1, -0.05) is 6.92 Å². The molecule has 0 aliphatic heterocycles. The Bertz CT molecular complexity index is 250. The van der Waals surface area contributed by atoms with Crippen molar-refractivity contribution in [2.24, 2.45) is 0 Å². The fourth-order valence-corrected chi connectivity index (χ4v) is 2.19. The number of halogens is 1. The molecule has 0 aliphatic carbocycles. The standard InChI is InChI=1S/C9H20ClNO2S/c1-4-14(12,13)8-7-11-9(2,3)5-6-10/h11H,4-8H2,1-3H3. The third-order valence-corrected chi connectivity index (χ3v) is 4.07. The van der Waals surface area contributed by atoms with Gasteiger partial charge in [-0.15, -0.1) is 11.6 Å². The molecular weight excluding hydrogens is 222 g/mol. The first-order valence-electron chi connectivity index (χ1n) is 4.84. The summed E-state index contributed by atoms with van der Waals surface area (Å²) >= 11 is 5.62. The van der Waals surface area contributed by atoms with E-state index in [-0.39, 0.29) is 17.0 Å². The minimum atomic E-state index is -2.85. The molecule has 0 aliphatic rings. The summed E-state index contributed by atoms with van der Waals surface area (Å²) in [7, 11) is -2.85. The van der Waals surface area contributed by atoms with Gasteiger partial charge in [0.1, 0.15) is 0 Å². The molecule has 5 heteroatoms. The van der Waals surface area contributed by atoms with Gasteiger partial charge in [0.25, 0.3) is 0 Å². The average molecular weight is 242 g/mol.